The van der Waals surface area contributed by atoms with Gasteiger partial charge in [0.05, 0.1) is 0 Å². The van der Waals surface area contributed by atoms with Crippen LogP contribution in [0.5, 0.6) is 0 Å². The molecule has 2 N–H and O–H groups in total. The Labute approximate surface area is 94.1 Å². The van der Waals surface area contributed by atoms with E-state index in [2.05, 4.69) is 17.2 Å². The number of carbonyl (C=O) groups is 1. The van der Waals surface area contributed by atoms with Crippen LogP contribution in [0.4, 0.5) is 10.5 Å². The van der Waals surface area contributed by atoms with Gasteiger partial charge in [-0.1, -0.05) is 24.2 Å². The summed E-state index contributed by atoms with van der Waals surface area (Å²) in [4.78, 5) is 11.4. The molecule has 15 heavy (non-hydrogen) atoms. The normalized spacial score (nSPS) is 9.53. The highest BCUT2D eigenvalue weighted by molar-refractivity contribution is 6.31. The van der Waals surface area contributed by atoms with Crippen LogP contribution in [0, 0.1) is 6.92 Å². The lowest BCUT2D eigenvalue weighted by atomic mass is 10.2. The number of hydrogen-bond acceptors (Lipinski definition) is 1. The fourth-order valence-electron chi connectivity index (χ4n) is 1.08. The Balaban J connectivity index is 2.76. The van der Waals surface area contributed by atoms with Crippen LogP contribution in [-0.4, -0.2) is 6.03 Å². The minimum atomic E-state index is -0.312. The molecule has 0 fully saturated rings. The predicted octanol–water partition coefficient (Wildman–Crippen LogP) is 3.30. The SMILES string of the molecule is C=C(C)NC(=O)Nc1cc(Cl)ccc1C. The van der Waals surface area contributed by atoms with E-state index in [1.165, 1.54) is 0 Å². The molecule has 0 atom stereocenters. The molecule has 3 nitrogen and oxygen atoms in total. The fourth-order valence-corrected chi connectivity index (χ4v) is 1.25. The van der Waals surface area contributed by atoms with Gasteiger partial charge in [-0.05, 0) is 31.5 Å². The van der Waals surface area contributed by atoms with Gasteiger partial charge in [-0.15, -0.1) is 0 Å². The Kier molecular flexibility index (Phi) is 3.74. The first-order valence-electron chi connectivity index (χ1n) is 4.48. The van der Waals surface area contributed by atoms with E-state index in [-0.39, 0.29) is 6.03 Å². The number of amides is 2. The number of hydrogen-bond donors (Lipinski definition) is 2. The Bertz CT molecular complexity index is 402. The van der Waals surface area contributed by atoms with Crippen molar-refractivity contribution in [1.82, 2.24) is 5.32 Å². The molecule has 0 saturated carbocycles. The first kappa shape index (κ1) is 11.6. The molecular formula is C11H13ClN2O. The van der Waals surface area contributed by atoms with Crippen LogP contribution in [0.1, 0.15) is 12.5 Å². The van der Waals surface area contributed by atoms with Gasteiger partial charge in [-0.3, -0.25) is 0 Å². The number of halogens is 1. The van der Waals surface area contributed by atoms with Gasteiger partial charge in [0.15, 0.2) is 0 Å². The minimum Gasteiger partial charge on any atom is -0.312 e. The first-order valence-corrected chi connectivity index (χ1v) is 4.86. The van der Waals surface area contributed by atoms with Crippen LogP contribution in [0.15, 0.2) is 30.5 Å². The molecule has 0 aliphatic carbocycles. The summed E-state index contributed by atoms with van der Waals surface area (Å²) in [7, 11) is 0. The third-order valence-corrected chi connectivity index (χ3v) is 2.01. The number of anilines is 1. The van der Waals surface area contributed by atoms with Gasteiger partial charge >= 0.3 is 6.03 Å². The topological polar surface area (TPSA) is 41.1 Å². The second-order valence-electron chi connectivity index (χ2n) is 3.32. The Morgan fingerprint density at radius 2 is 2.13 bits per heavy atom. The quantitative estimate of drug-likeness (QED) is 0.795. The van der Waals surface area contributed by atoms with Crippen molar-refractivity contribution in [3.8, 4) is 0 Å². The van der Waals surface area contributed by atoms with E-state index < -0.39 is 0 Å². The summed E-state index contributed by atoms with van der Waals surface area (Å²) in [5, 5.41) is 5.83. The van der Waals surface area contributed by atoms with Crippen LogP contribution in [0.2, 0.25) is 5.02 Å². The maximum atomic E-state index is 11.4. The maximum Gasteiger partial charge on any atom is 0.323 e. The Morgan fingerprint density at radius 3 is 2.73 bits per heavy atom. The number of benzene rings is 1. The van der Waals surface area contributed by atoms with Gasteiger partial charge in [-0.2, -0.15) is 0 Å². The fraction of sp³-hybridized carbons (Fsp3) is 0.182. The van der Waals surface area contributed by atoms with Gasteiger partial charge in [0.1, 0.15) is 0 Å². The summed E-state index contributed by atoms with van der Waals surface area (Å²) >= 11 is 5.82. The second-order valence-corrected chi connectivity index (χ2v) is 3.76. The standard InChI is InChI=1S/C11H13ClN2O/c1-7(2)13-11(15)14-10-6-9(12)5-4-8(10)3/h4-6H,1H2,2-3H3,(H2,13,14,15). The summed E-state index contributed by atoms with van der Waals surface area (Å²) < 4.78 is 0. The number of rotatable bonds is 2. The molecule has 0 saturated heterocycles. The van der Waals surface area contributed by atoms with Crippen LogP contribution in [0.3, 0.4) is 0 Å². The smallest absolute Gasteiger partial charge is 0.312 e. The van der Waals surface area contributed by atoms with Crippen molar-refractivity contribution in [2.45, 2.75) is 13.8 Å². The number of carbonyl (C=O) groups excluding carboxylic acids is 1. The lowest BCUT2D eigenvalue weighted by Gasteiger charge is -2.09. The van der Waals surface area contributed by atoms with E-state index in [1.54, 1.807) is 19.1 Å². The summed E-state index contributed by atoms with van der Waals surface area (Å²) in [5.74, 6) is 0. The number of nitrogens with one attached hydrogen (secondary N) is 2. The van der Waals surface area contributed by atoms with Gasteiger partial charge in [0, 0.05) is 16.4 Å². The van der Waals surface area contributed by atoms with Crippen molar-refractivity contribution in [2.75, 3.05) is 5.32 Å². The number of allylic oxidation sites excluding steroid dienone is 1. The number of aryl methyl sites for hydroxylation is 1. The average Bonchev–Trinajstić information content (AvgIpc) is 2.10. The van der Waals surface area contributed by atoms with Gasteiger partial charge in [-0.25, -0.2) is 4.79 Å². The largest absolute Gasteiger partial charge is 0.323 e. The van der Waals surface area contributed by atoms with E-state index in [4.69, 9.17) is 11.6 Å². The monoisotopic (exact) mass is 224 g/mol. The van der Waals surface area contributed by atoms with E-state index in [9.17, 15) is 4.79 Å². The van der Waals surface area contributed by atoms with Crippen molar-refractivity contribution in [3.05, 3.63) is 41.1 Å². The molecule has 2 amide bonds. The van der Waals surface area contributed by atoms with E-state index in [0.717, 1.165) is 5.56 Å². The van der Waals surface area contributed by atoms with Crippen LogP contribution in [-0.2, 0) is 0 Å². The highest BCUT2D eigenvalue weighted by atomic mass is 35.5. The molecule has 0 bridgehead atoms. The van der Waals surface area contributed by atoms with Crippen LogP contribution < -0.4 is 10.6 Å². The van der Waals surface area contributed by atoms with Crippen LogP contribution >= 0.6 is 11.6 Å². The van der Waals surface area contributed by atoms with Crippen LogP contribution in [0.25, 0.3) is 0 Å². The van der Waals surface area contributed by atoms with Crippen molar-refractivity contribution in [2.24, 2.45) is 0 Å². The molecular weight excluding hydrogens is 212 g/mol. The molecule has 80 valence electrons. The zero-order valence-electron chi connectivity index (χ0n) is 8.73. The Morgan fingerprint density at radius 1 is 1.47 bits per heavy atom. The summed E-state index contributed by atoms with van der Waals surface area (Å²) in [6.45, 7) is 7.19. The predicted molar refractivity (Wildman–Crippen MR) is 63.2 cm³/mol. The third kappa shape index (κ3) is 3.64. The van der Waals surface area contributed by atoms with Gasteiger partial charge < -0.3 is 10.6 Å². The highest BCUT2D eigenvalue weighted by Crippen LogP contribution is 2.19. The molecule has 1 rings (SSSR count). The molecule has 4 heteroatoms. The second kappa shape index (κ2) is 4.84. The number of urea groups is 1. The molecule has 0 aliphatic heterocycles. The molecule has 0 aromatic heterocycles. The maximum absolute atomic E-state index is 11.4. The molecule has 0 spiro atoms. The zero-order valence-corrected chi connectivity index (χ0v) is 9.48. The molecule has 0 aliphatic rings. The first-order chi connectivity index (χ1) is 6.99. The minimum absolute atomic E-state index is 0.312. The van der Waals surface area contributed by atoms with Crippen molar-refractivity contribution >= 4 is 23.3 Å². The van der Waals surface area contributed by atoms with Gasteiger partial charge in [0.25, 0.3) is 0 Å². The molecule has 0 unspecified atom stereocenters. The lowest BCUT2D eigenvalue weighted by Crippen LogP contribution is -2.26. The molecule has 1 aromatic rings. The third-order valence-electron chi connectivity index (χ3n) is 1.77. The zero-order chi connectivity index (χ0) is 11.4. The lowest BCUT2D eigenvalue weighted by molar-refractivity contribution is 0.254. The molecule has 0 heterocycles. The van der Waals surface area contributed by atoms with Crippen molar-refractivity contribution in [3.63, 3.8) is 0 Å². The molecule has 0 radical (unpaired) electrons. The molecule has 1 aromatic carbocycles. The Hall–Kier alpha value is -1.48. The summed E-state index contributed by atoms with van der Waals surface area (Å²) in [6.07, 6.45) is 0. The summed E-state index contributed by atoms with van der Waals surface area (Å²) in [5.41, 5.74) is 2.24. The van der Waals surface area contributed by atoms with Gasteiger partial charge in [0.2, 0.25) is 0 Å². The summed E-state index contributed by atoms with van der Waals surface area (Å²) in [6, 6.07) is 5.01. The van der Waals surface area contributed by atoms with Crippen molar-refractivity contribution in [1.29, 1.82) is 0 Å². The van der Waals surface area contributed by atoms with Crippen molar-refractivity contribution < 1.29 is 4.79 Å². The average molecular weight is 225 g/mol. The van der Waals surface area contributed by atoms with E-state index in [0.29, 0.717) is 16.4 Å². The highest BCUT2D eigenvalue weighted by Gasteiger charge is 2.04. The van der Waals surface area contributed by atoms with E-state index in [1.807, 2.05) is 13.0 Å². The van der Waals surface area contributed by atoms with E-state index >= 15 is 0 Å².